The molecule has 0 spiro atoms. The highest BCUT2D eigenvalue weighted by Gasteiger charge is 2.16. The largest absolute Gasteiger partial charge is 0.462 e. The van der Waals surface area contributed by atoms with Gasteiger partial charge in [-0.25, -0.2) is 0 Å². The predicted molar refractivity (Wildman–Crippen MR) is 142 cm³/mol. The van der Waals surface area contributed by atoms with Crippen molar-refractivity contribution >= 4 is 11.9 Å². The first-order valence-corrected chi connectivity index (χ1v) is 13.7. The highest BCUT2D eigenvalue weighted by molar-refractivity contribution is 5.70. The number of carbonyl (C=O) groups excluding carboxylic acids is 2. The van der Waals surface area contributed by atoms with Crippen LogP contribution in [0.25, 0.3) is 0 Å². The molecule has 0 rings (SSSR count). The molecular weight excluding hydrogens is 444 g/mol. The Labute approximate surface area is 213 Å². The van der Waals surface area contributed by atoms with Crippen LogP contribution < -0.4 is 0 Å². The molecule has 0 saturated heterocycles. The van der Waals surface area contributed by atoms with E-state index in [0.29, 0.717) is 12.8 Å². The number of aliphatic hydroxyl groups excluding tert-OH is 2. The molecule has 6 nitrogen and oxygen atoms in total. The van der Waals surface area contributed by atoms with Crippen LogP contribution in [0.4, 0.5) is 0 Å². The molecule has 0 radical (unpaired) electrons. The number of aliphatic hydroxyl groups is 2. The third-order valence-electron chi connectivity index (χ3n) is 5.55. The molecule has 202 valence electrons. The van der Waals surface area contributed by atoms with Gasteiger partial charge < -0.3 is 19.7 Å². The van der Waals surface area contributed by atoms with E-state index < -0.39 is 12.2 Å². The minimum atomic E-state index is -0.795. The first-order chi connectivity index (χ1) is 17.0. The molecular formula is C29H50O6. The SMILES string of the molecule is CC/C=C/C/C=C/C=C/C(O)CCCCCCCC(=O)OC[C@H](CO)OC(=O)CCCCCCC. The lowest BCUT2D eigenvalue weighted by atomic mass is 10.1. The number of unbranched alkanes of at least 4 members (excludes halogenated alkanes) is 8. The second kappa shape index (κ2) is 25.2. The molecule has 0 aromatic carbocycles. The van der Waals surface area contributed by atoms with Crippen LogP contribution in [0.15, 0.2) is 36.5 Å². The third kappa shape index (κ3) is 23.6. The molecule has 35 heavy (non-hydrogen) atoms. The zero-order valence-electron chi connectivity index (χ0n) is 22.2. The maximum Gasteiger partial charge on any atom is 0.306 e. The van der Waals surface area contributed by atoms with E-state index >= 15 is 0 Å². The third-order valence-corrected chi connectivity index (χ3v) is 5.55. The summed E-state index contributed by atoms with van der Waals surface area (Å²) in [6, 6.07) is 0. The second-order valence-corrected chi connectivity index (χ2v) is 8.94. The van der Waals surface area contributed by atoms with Gasteiger partial charge in [-0.3, -0.25) is 9.59 Å². The minimum Gasteiger partial charge on any atom is -0.462 e. The number of hydrogen-bond acceptors (Lipinski definition) is 6. The fraction of sp³-hybridized carbons (Fsp3) is 0.724. The summed E-state index contributed by atoms with van der Waals surface area (Å²) in [7, 11) is 0. The molecule has 0 saturated carbocycles. The topological polar surface area (TPSA) is 93.1 Å². The van der Waals surface area contributed by atoms with E-state index in [1.165, 1.54) is 6.42 Å². The standard InChI is InChI=1S/C29H50O6/c1-3-5-7-9-10-13-16-20-26(31)21-17-14-11-15-18-22-28(32)34-25-27(24-30)35-29(33)23-19-12-8-6-4-2/h5,7,10,13,16,20,26-27,30-31H,3-4,6,8-9,11-12,14-15,17-19,21-25H2,1-2H3/b7-5+,13-10+,20-16+/t26?,27-/m0/s1. The Bertz CT molecular complexity index is 596. The predicted octanol–water partition coefficient (Wildman–Crippen LogP) is 6.35. The van der Waals surface area contributed by atoms with Crippen molar-refractivity contribution < 1.29 is 29.3 Å². The van der Waals surface area contributed by atoms with Crippen LogP contribution in [0, 0.1) is 0 Å². The van der Waals surface area contributed by atoms with Crippen molar-refractivity contribution in [3.8, 4) is 0 Å². The molecule has 0 aromatic rings. The average Bonchev–Trinajstić information content (AvgIpc) is 2.85. The molecule has 2 N–H and O–H groups in total. The summed E-state index contributed by atoms with van der Waals surface area (Å²) in [5.74, 6) is -0.689. The smallest absolute Gasteiger partial charge is 0.306 e. The second-order valence-electron chi connectivity index (χ2n) is 8.94. The fourth-order valence-corrected chi connectivity index (χ4v) is 3.44. The maximum absolute atomic E-state index is 11.9. The Morgan fingerprint density at radius 1 is 0.800 bits per heavy atom. The van der Waals surface area contributed by atoms with E-state index in [4.69, 9.17) is 9.47 Å². The summed E-state index contributed by atoms with van der Waals surface area (Å²) in [5, 5.41) is 19.3. The molecule has 2 atom stereocenters. The van der Waals surface area contributed by atoms with Crippen LogP contribution in [0.3, 0.4) is 0 Å². The van der Waals surface area contributed by atoms with Crippen LogP contribution in [0.2, 0.25) is 0 Å². The van der Waals surface area contributed by atoms with Gasteiger partial charge in [-0.1, -0.05) is 102 Å². The van der Waals surface area contributed by atoms with Gasteiger partial charge in [-0.05, 0) is 32.1 Å². The zero-order chi connectivity index (χ0) is 26.0. The van der Waals surface area contributed by atoms with Gasteiger partial charge >= 0.3 is 11.9 Å². The number of carbonyl (C=O) groups is 2. The van der Waals surface area contributed by atoms with E-state index in [1.807, 2.05) is 18.2 Å². The lowest BCUT2D eigenvalue weighted by Gasteiger charge is -2.15. The van der Waals surface area contributed by atoms with Crippen LogP contribution >= 0.6 is 0 Å². The minimum absolute atomic E-state index is 0.104. The number of ether oxygens (including phenoxy) is 2. The normalized spacial score (nSPS) is 13.6. The summed E-state index contributed by atoms with van der Waals surface area (Å²) in [5.41, 5.74) is 0. The van der Waals surface area contributed by atoms with Crippen LogP contribution in [0.5, 0.6) is 0 Å². The van der Waals surface area contributed by atoms with Crippen molar-refractivity contribution in [1.29, 1.82) is 0 Å². The van der Waals surface area contributed by atoms with Crippen molar-refractivity contribution in [2.45, 2.75) is 122 Å². The van der Waals surface area contributed by atoms with Crippen molar-refractivity contribution in [2.24, 2.45) is 0 Å². The van der Waals surface area contributed by atoms with E-state index in [0.717, 1.165) is 77.0 Å². The summed E-state index contributed by atoms with van der Waals surface area (Å²) >= 11 is 0. The molecule has 0 aliphatic rings. The summed E-state index contributed by atoms with van der Waals surface area (Å²) < 4.78 is 10.4. The van der Waals surface area contributed by atoms with E-state index in [-0.39, 0.29) is 25.2 Å². The van der Waals surface area contributed by atoms with E-state index in [1.54, 1.807) is 0 Å². The summed E-state index contributed by atoms with van der Waals surface area (Å²) in [4.78, 5) is 23.7. The van der Waals surface area contributed by atoms with Gasteiger partial charge in [0.2, 0.25) is 0 Å². The van der Waals surface area contributed by atoms with E-state index in [9.17, 15) is 19.8 Å². The molecule has 0 fully saturated rings. The molecule has 0 heterocycles. The molecule has 0 bridgehead atoms. The molecule has 0 amide bonds. The molecule has 0 aliphatic heterocycles. The first kappa shape index (κ1) is 33.1. The monoisotopic (exact) mass is 494 g/mol. The molecule has 0 aliphatic carbocycles. The van der Waals surface area contributed by atoms with Gasteiger partial charge in [0.05, 0.1) is 12.7 Å². The Balaban J connectivity index is 3.73. The molecule has 0 aromatic heterocycles. The van der Waals surface area contributed by atoms with Gasteiger partial charge in [-0.2, -0.15) is 0 Å². The van der Waals surface area contributed by atoms with Gasteiger partial charge in [-0.15, -0.1) is 0 Å². The van der Waals surface area contributed by atoms with E-state index in [2.05, 4.69) is 32.1 Å². The highest BCUT2D eigenvalue weighted by atomic mass is 16.6. The fourth-order valence-electron chi connectivity index (χ4n) is 3.44. The number of esters is 2. The summed E-state index contributed by atoms with van der Waals surface area (Å²) in [6.45, 7) is 3.79. The molecule has 1 unspecified atom stereocenters. The van der Waals surface area contributed by atoms with Crippen molar-refractivity contribution in [1.82, 2.24) is 0 Å². The Morgan fingerprint density at radius 2 is 1.46 bits per heavy atom. The Hall–Kier alpha value is -1.92. The van der Waals surface area contributed by atoms with Crippen LogP contribution in [0.1, 0.15) is 110 Å². The summed E-state index contributed by atoms with van der Waals surface area (Å²) in [6.07, 6.45) is 24.0. The molecule has 6 heteroatoms. The van der Waals surface area contributed by atoms with Gasteiger partial charge in [0.15, 0.2) is 6.10 Å². The van der Waals surface area contributed by atoms with Gasteiger partial charge in [0.1, 0.15) is 6.61 Å². The average molecular weight is 495 g/mol. The lowest BCUT2D eigenvalue weighted by molar-refractivity contribution is -0.161. The van der Waals surface area contributed by atoms with Crippen LogP contribution in [-0.2, 0) is 19.1 Å². The first-order valence-electron chi connectivity index (χ1n) is 13.7. The highest BCUT2D eigenvalue weighted by Crippen LogP contribution is 2.11. The quantitative estimate of drug-likeness (QED) is 0.0743. The van der Waals surface area contributed by atoms with Crippen molar-refractivity contribution in [3.05, 3.63) is 36.5 Å². The number of rotatable bonds is 23. The lowest BCUT2D eigenvalue weighted by Crippen LogP contribution is -2.28. The number of hydrogen-bond donors (Lipinski definition) is 2. The van der Waals surface area contributed by atoms with Gasteiger partial charge in [0, 0.05) is 12.8 Å². The number of allylic oxidation sites excluding steroid dienone is 5. The van der Waals surface area contributed by atoms with Crippen LogP contribution in [-0.4, -0.2) is 47.6 Å². The maximum atomic E-state index is 11.9. The Morgan fingerprint density at radius 3 is 2.14 bits per heavy atom. The van der Waals surface area contributed by atoms with Crippen molar-refractivity contribution in [2.75, 3.05) is 13.2 Å². The van der Waals surface area contributed by atoms with Crippen molar-refractivity contribution in [3.63, 3.8) is 0 Å². The Kier molecular flexibility index (Phi) is 23.8. The zero-order valence-corrected chi connectivity index (χ0v) is 22.2. The van der Waals surface area contributed by atoms with Gasteiger partial charge in [0.25, 0.3) is 0 Å².